The molecule has 1 N–H and O–H groups in total. The third-order valence-electron chi connectivity index (χ3n) is 3.46. The molecule has 1 aliphatic carbocycles. The first-order chi connectivity index (χ1) is 8.73. The average molecular weight is 267 g/mol. The standard InChI is InChI=1S/C14H21NO2S/c1-15-10-14(7-4-8-14)18-13-9-11(16-2)5-6-12(13)17-3/h5-6,9,15H,4,7-8,10H2,1-3H3. The number of rotatable bonds is 6. The van der Waals surface area contributed by atoms with Crippen molar-refractivity contribution in [2.45, 2.75) is 28.9 Å². The molecule has 0 spiro atoms. The Morgan fingerprint density at radius 3 is 2.56 bits per heavy atom. The molecule has 18 heavy (non-hydrogen) atoms. The SMILES string of the molecule is CNCC1(Sc2cc(OC)ccc2OC)CCC1. The lowest BCUT2D eigenvalue weighted by molar-refractivity contribution is 0.351. The molecule has 0 atom stereocenters. The maximum Gasteiger partial charge on any atom is 0.132 e. The van der Waals surface area contributed by atoms with Crippen LogP contribution in [0.15, 0.2) is 23.1 Å². The molecule has 0 bridgehead atoms. The molecule has 1 aromatic carbocycles. The van der Waals surface area contributed by atoms with Crippen LogP contribution in [0.3, 0.4) is 0 Å². The number of ether oxygens (including phenoxy) is 2. The minimum atomic E-state index is 0.328. The Kier molecular flexibility index (Phi) is 4.40. The first-order valence-corrected chi connectivity index (χ1v) is 7.10. The second-order valence-corrected chi connectivity index (χ2v) is 6.20. The molecule has 4 heteroatoms. The Balaban J connectivity index is 2.20. The Morgan fingerprint density at radius 1 is 1.28 bits per heavy atom. The maximum atomic E-state index is 5.44. The van der Waals surface area contributed by atoms with E-state index in [0.29, 0.717) is 4.75 Å². The molecule has 1 aromatic rings. The molecule has 1 saturated carbocycles. The first kappa shape index (κ1) is 13.6. The van der Waals surface area contributed by atoms with Crippen LogP contribution in [-0.4, -0.2) is 32.6 Å². The van der Waals surface area contributed by atoms with Crippen LogP contribution in [0.25, 0.3) is 0 Å². The summed E-state index contributed by atoms with van der Waals surface area (Å²) in [7, 11) is 5.43. The Labute approximate surface area is 113 Å². The van der Waals surface area contributed by atoms with Crippen molar-refractivity contribution in [2.24, 2.45) is 0 Å². The van der Waals surface area contributed by atoms with Crippen LogP contribution in [-0.2, 0) is 0 Å². The largest absolute Gasteiger partial charge is 0.497 e. The van der Waals surface area contributed by atoms with E-state index in [2.05, 4.69) is 11.4 Å². The van der Waals surface area contributed by atoms with E-state index in [1.165, 1.54) is 24.2 Å². The molecule has 0 radical (unpaired) electrons. The van der Waals surface area contributed by atoms with Gasteiger partial charge in [0.05, 0.1) is 19.1 Å². The normalized spacial score (nSPS) is 17.1. The summed E-state index contributed by atoms with van der Waals surface area (Å²) in [5.41, 5.74) is 0. The molecule has 0 saturated heterocycles. The van der Waals surface area contributed by atoms with Crippen LogP contribution in [0, 0.1) is 0 Å². The summed E-state index contributed by atoms with van der Waals surface area (Å²) < 4.78 is 11.1. The summed E-state index contributed by atoms with van der Waals surface area (Å²) in [5, 5.41) is 3.30. The van der Waals surface area contributed by atoms with E-state index in [-0.39, 0.29) is 0 Å². The lowest BCUT2D eigenvalue weighted by Crippen LogP contribution is -2.42. The molecule has 3 nitrogen and oxygen atoms in total. The number of thioether (sulfide) groups is 1. The van der Waals surface area contributed by atoms with E-state index in [9.17, 15) is 0 Å². The summed E-state index contributed by atoms with van der Waals surface area (Å²) in [6.07, 6.45) is 3.85. The highest BCUT2D eigenvalue weighted by molar-refractivity contribution is 8.00. The van der Waals surface area contributed by atoms with Gasteiger partial charge in [-0.1, -0.05) is 6.42 Å². The van der Waals surface area contributed by atoms with Gasteiger partial charge in [0.25, 0.3) is 0 Å². The first-order valence-electron chi connectivity index (χ1n) is 6.29. The topological polar surface area (TPSA) is 30.5 Å². The monoisotopic (exact) mass is 267 g/mol. The Bertz CT molecular complexity index is 405. The molecule has 0 unspecified atom stereocenters. The van der Waals surface area contributed by atoms with Crippen molar-refractivity contribution in [3.63, 3.8) is 0 Å². The molecule has 1 fully saturated rings. The van der Waals surface area contributed by atoms with E-state index in [1.54, 1.807) is 14.2 Å². The quantitative estimate of drug-likeness (QED) is 0.858. The van der Waals surface area contributed by atoms with Gasteiger partial charge in [-0.2, -0.15) is 0 Å². The van der Waals surface area contributed by atoms with Crippen molar-refractivity contribution < 1.29 is 9.47 Å². The fourth-order valence-corrected chi connectivity index (χ4v) is 3.91. The fraction of sp³-hybridized carbons (Fsp3) is 0.571. The predicted octanol–water partition coefficient (Wildman–Crippen LogP) is 2.94. The van der Waals surface area contributed by atoms with E-state index in [0.717, 1.165) is 18.0 Å². The molecule has 2 rings (SSSR count). The number of hydrogen-bond acceptors (Lipinski definition) is 4. The van der Waals surface area contributed by atoms with Crippen LogP contribution in [0.2, 0.25) is 0 Å². The van der Waals surface area contributed by atoms with Crippen molar-refractivity contribution in [3.05, 3.63) is 18.2 Å². The van der Waals surface area contributed by atoms with Gasteiger partial charge in [0.15, 0.2) is 0 Å². The minimum Gasteiger partial charge on any atom is -0.497 e. The van der Waals surface area contributed by atoms with E-state index in [1.807, 2.05) is 30.9 Å². The van der Waals surface area contributed by atoms with Crippen molar-refractivity contribution >= 4 is 11.8 Å². The average Bonchev–Trinajstić information content (AvgIpc) is 2.36. The molecular formula is C14H21NO2S. The number of hydrogen-bond donors (Lipinski definition) is 1. The van der Waals surface area contributed by atoms with Gasteiger partial charge >= 0.3 is 0 Å². The lowest BCUT2D eigenvalue weighted by Gasteiger charge is -2.41. The smallest absolute Gasteiger partial charge is 0.132 e. The van der Waals surface area contributed by atoms with E-state index >= 15 is 0 Å². The van der Waals surface area contributed by atoms with Gasteiger partial charge < -0.3 is 14.8 Å². The second kappa shape index (κ2) is 5.85. The van der Waals surface area contributed by atoms with Gasteiger partial charge in [-0.15, -0.1) is 11.8 Å². The summed E-state index contributed by atoms with van der Waals surface area (Å²) >= 11 is 1.92. The number of nitrogens with one attached hydrogen (secondary N) is 1. The molecule has 0 amide bonds. The summed E-state index contributed by atoms with van der Waals surface area (Å²) in [6.45, 7) is 1.04. The third kappa shape index (κ3) is 2.75. The number of methoxy groups -OCH3 is 2. The number of benzene rings is 1. The highest BCUT2D eigenvalue weighted by Crippen LogP contribution is 2.50. The van der Waals surface area contributed by atoms with Crippen molar-refractivity contribution in [3.8, 4) is 11.5 Å². The van der Waals surface area contributed by atoms with Crippen LogP contribution in [0.4, 0.5) is 0 Å². The third-order valence-corrected chi connectivity index (χ3v) is 4.99. The van der Waals surface area contributed by atoms with E-state index < -0.39 is 0 Å². The zero-order chi connectivity index (χ0) is 13.0. The molecule has 0 aliphatic heterocycles. The minimum absolute atomic E-state index is 0.328. The van der Waals surface area contributed by atoms with Gasteiger partial charge in [-0.05, 0) is 38.1 Å². The van der Waals surface area contributed by atoms with Crippen molar-refractivity contribution in [2.75, 3.05) is 27.8 Å². The van der Waals surface area contributed by atoms with Gasteiger partial charge in [-0.3, -0.25) is 0 Å². The summed E-state index contributed by atoms with van der Waals surface area (Å²) in [6, 6.07) is 5.99. The van der Waals surface area contributed by atoms with Gasteiger partial charge in [0, 0.05) is 11.3 Å². The van der Waals surface area contributed by atoms with Gasteiger partial charge in [0.2, 0.25) is 0 Å². The van der Waals surface area contributed by atoms with Crippen LogP contribution in [0.5, 0.6) is 11.5 Å². The molecular weight excluding hydrogens is 246 g/mol. The summed E-state index contributed by atoms with van der Waals surface area (Å²) in [4.78, 5) is 1.17. The van der Waals surface area contributed by atoms with Crippen LogP contribution < -0.4 is 14.8 Å². The zero-order valence-electron chi connectivity index (χ0n) is 11.3. The zero-order valence-corrected chi connectivity index (χ0v) is 12.1. The molecule has 100 valence electrons. The lowest BCUT2D eigenvalue weighted by atomic mass is 9.84. The van der Waals surface area contributed by atoms with Gasteiger partial charge in [-0.25, -0.2) is 0 Å². The highest BCUT2D eigenvalue weighted by Gasteiger charge is 2.38. The Hall–Kier alpha value is -0.870. The summed E-state index contributed by atoms with van der Waals surface area (Å²) in [5.74, 6) is 1.82. The van der Waals surface area contributed by atoms with Crippen LogP contribution in [0.1, 0.15) is 19.3 Å². The van der Waals surface area contributed by atoms with Gasteiger partial charge in [0.1, 0.15) is 11.5 Å². The molecule has 1 aliphatic rings. The van der Waals surface area contributed by atoms with Crippen molar-refractivity contribution in [1.29, 1.82) is 0 Å². The predicted molar refractivity (Wildman–Crippen MR) is 75.9 cm³/mol. The Morgan fingerprint density at radius 2 is 2.06 bits per heavy atom. The fourth-order valence-electron chi connectivity index (χ4n) is 2.31. The highest BCUT2D eigenvalue weighted by atomic mass is 32.2. The van der Waals surface area contributed by atoms with Crippen molar-refractivity contribution in [1.82, 2.24) is 5.32 Å². The molecule has 0 heterocycles. The second-order valence-electron chi connectivity index (χ2n) is 4.69. The van der Waals surface area contributed by atoms with E-state index in [4.69, 9.17) is 9.47 Å². The van der Waals surface area contributed by atoms with Crippen LogP contribution >= 0.6 is 11.8 Å². The maximum absolute atomic E-state index is 5.44. The molecule has 0 aromatic heterocycles.